The predicted molar refractivity (Wildman–Crippen MR) is 60.6 cm³/mol. The first-order valence-corrected chi connectivity index (χ1v) is 5.67. The Bertz CT molecular complexity index is 154. The lowest BCUT2D eigenvalue weighted by Gasteiger charge is -2.07. The fourth-order valence-corrected chi connectivity index (χ4v) is 1.03. The van der Waals surface area contributed by atoms with Gasteiger partial charge in [0.1, 0.15) is 0 Å². The van der Waals surface area contributed by atoms with Crippen LogP contribution in [0, 0.1) is 0 Å². The van der Waals surface area contributed by atoms with E-state index in [-0.39, 0.29) is 6.03 Å². The van der Waals surface area contributed by atoms with Gasteiger partial charge in [-0.3, -0.25) is 4.84 Å². The minimum Gasteiger partial charge on any atom is -0.336 e. The molecule has 5 heteroatoms. The van der Waals surface area contributed by atoms with E-state index in [0.29, 0.717) is 13.2 Å². The SMILES string of the molecule is CCCCCNC(=O)NOCCNCC. The highest BCUT2D eigenvalue weighted by atomic mass is 16.7. The summed E-state index contributed by atoms with van der Waals surface area (Å²) in [5.41, 5.74) is 2.33. The highest BCUT2D eigenvalue weighted by Crippen LogP contribution is 1.90. The molecule has 0 unspecified atom stereocenters. The number of urea groups is 1. The number of rotatable bonds is 9. The lowest BCUT2D eigenvalue weighted by Crippen LogP contribution is -2.37. The van der Waals surface area contributed by atoms with Crippen molar-refractivity contribution in [2.75, 3.05) is 26.2 Å². The summed E-state index contributed by atoms with van der Waals surface area (Å²) in [6.45, 7) is 6.99. The van der Waals surface area contributed by atoms with Crippen LogP contribution in [0.15, 0.2) is 0 Å². The van der Waals surface area contributed by atoms with Crippen LogP contribution in [0.4, 0.5) is 4.79 Å². The van der Waals surface area contributed by atoms with Gasteiger partial charge in [-0.25, -0.2) is 10.3 Å². The van der Waals surface area contributed by atoms with Crippen LogP contribution in [0.25, 0.3) is 0 Å². The maximum Gasteiger partial charge on any atom is 0.338 e. The number of hydrogen-bond acceptors (Lipinski definition) is 3. The van der Waals surface area contributed by atoms with E-state index >= 15 is 0 Å². The molecule has 0 saturated heterocycles. The molecule has 0 atom stereocenters. The van der Waals surface area contributed by atoms with Gasteiger partial charge in [0.15, 0.2) is 0 Å². The Balaban J connectivity index is 3.11. The summed E-state index contributed by atoms with van der Waals surface area (Å²) in [5, 5.41) is 5.80. The first-order valence-electron chi connectivity index (χ1n) is 5.67. The third-order valence-electron chi connectivity index (χ3n) is 1.86. The molecule has 3 N–H and O–H groups in total. The number of carbonyl (C=O) groups excluding carboxylic acids is 1. The standard InChI is InChI=1S/C10H23N3O2/c1-3-5-6-7-12-10(14)13-15-9-8-11-4-2/h11H,3-9H2,1-2H3,(H2,12,13,14). The molecular formula is C10H23N3O2. The van der Waals surface area contributed by atoms with E-state index in [1.54, 1.807) is 0 Å². The molecule has 0 rings (SSSR count). The van der Waals surface area contributed by atoms with Crippen molar-refractivity contribution in [1.82, 2.24) is 16.1 Å². The van der Waals surface area contributed by atoms with E-state index in [4.69, 9.17) is 4.84 Å². The van der Waals surface area contributed by atoms with E-state index in [1.165, 1.54) is 0 Å². The van der Waals surface area contributed by atoms with Gasteiger partial charge in [0, 0.05) is 13.1 Å². The van der Waals surface area contributed by atoms with Crippen molar-refractivity contribution in [3.05, 3.63) is 0 Å². The first kappa shape index (κ1) is 14.2. The molecule has 0 aromatic heterocycles. The maximum atomic E-state index is 11.1. The summed E-state index contributed by atoms with van der Waals surface area (Å²) in [5.74, 6) is 0. The van der Waals surface area contributed by atoms with Gasteiger partial charge in [0.25, 0.3) is 0 Å². The summed E-state index contributed by atoms with van der Waals surface area (Å²) < 4.78 is 0. The van der Waals surface area contributed by atoms with Crippen LogP contribution in [0.5, 0.6) is 0 Å². The number of carbonyl (C=O) groups is 1. The topological polar surface area (TPSA) is 62.4 Å². The van der Waals surface area contributed by atoms with Gasteiger partial charge in [0.05, 0.1) is 6.61 Å². The summed E-state index contributed by atoms with van der Waals surface area (Å²) in [6.07, 6.45) is 3.31. The zero-order valence-corrected chi connectivity index (χ0v) is 9.77. The lowest BCUT2D eigenvalue weighted by atomic mass is 10.2. The molecule has 0 aromatic carbocycles. The Labute approximate surface area is 91.9 Å². The van der Waals surface area contributed by atoms with E-state index in [9.17, 15) is 4.79 Å². The van der Waals surface area contributed by atoms with E-state index in [0.717, 1.165) is 32.4 Å². The van der Waals surface area contributed by atoms with Gasteiger partial charge in [-0.15, -0.1) is 0 Å². The molecule has 5 nitrogen and oxygen atoms in total. The van der Waals surface area contributed by atoms with Crippen molar-refractivity contribution in [3.63, 3.8) is 0 Å². The second-order valence-electron chi connectivity index (χ2n) is 3.27. The van der Waals surface area contributed by atoms with Crippen LogP contribution >= 0.6 is 0 Å². The van der Waals surface area contributed by atoms with Crippen LogP contribution in [-0.4, -0.2) is 32.3 Å². The smallest absolute Gasteiger partial charge is 0.336 e. The number of nitrogens with one attached hydrogen (secondary N) is 3. The molecule has 0 bridgehead atoms. The van der Waals surface area contributed by atoms with Crippen molar-refractivity contribution in [3.8, 4) is 0 Å². The monoisotopic (exact) mass is 217 g/mol. The fourth-order valence-electron chi connectivity index (χ4n) is 1.03. The Hall–Kier alpha value is -0.810. The molecule has 0 saturated carbocycles. The van der Waals surface area contributed by atoms with Crippen LogP contribution < -0.4 is 16.1 Å². The Morgan fingerprint density at radius 2 is 2.00 bits per heavy atom. The molecule has 0 aliphatic carbocycles. The third kappa shape index (κ3) is 11.1. The molecule has 0 heterocycles. The van der Waals surface area contributed by atoms with E-state index in [1.807, 2.05) is 6.92 Å². The molecular weight excluding hydrogens is 194 g/mol. The largest absolute Gasteiger partial charge is 0.338 e. The quantitative estimate of drug-likeness (QED) is 0.399. The number of likely N-dealkylation sites (N-methyl/N-ethyl adjacent to an activating group) is 1. The predicted octanol–water partition coefficient (Wildman–Crippen LogP) is 1.02. The fraction of sp³-hybridized carbons (Fsp3) is 0.900. The number of unbranched alkanes of at least 4 members (excludes halogenated alkanes) is 2. The van der Waals surface area contributed by atoms with Crippen molar-refractivity contribution in [2.45, 2.75) is 33.1 Å². The molecule has 0 radical (unpaired) electrons. The van der Waals surface area contributed by atoms with Crippen LogP contribution in [0.1, 0.15) is 33.1 Å². The van der Waals surface area contributed by atoms with E-state index < -0.39 is 0 Å². The van der Waals surface area contributed by atoms with Crippen LogP contribution in [0.2, 0.25) is 0 Å². The van der Waals surface area contributed by atoms with Crippen molar-refractivity contribution >= 4 is 6.03 Å². The Morgan fingerprint density at radius 1 is 1.20 bits per heavy atom. The van der Waals surface area contributed by atoms with E-state index in [2.05, 4.69) is 23.0 Å². The van der Waals surface area contributed by atoms with Crippen LogP contribution in [0.3, 0.4) is 0 Å². The summed E-state index contributed by atoms with van der Waals surface area (Å²) in [7, 11) is 0. The zero-order chi connectivity index (χ0) is 11.4. The minimum atomic E-state index is -0.261. The lowest BCUT2D eigenvalue weighted by molar-refractivity contribution is 0.0633. The molecule has 90 valence electrons. The number of hydrogen-bond donors (Lipinski definition) is 3. The van der Waals surface area contributed by atoms with Crippen molar-refractivity contribution in [1.29, 1.82) is 0 Å². The average Bonchev–Trinajstić information content (AvgIpc) is 2.24. The molecule has 0 spiro atoms. The Kier molecular flexibility index (Phi) is 10.7. The summed E-state index contributed by atoms with van der Waals surface area (Å²) in [4.78, 5) is 16.0. The number of hydroxylamine groups is 1. The average molecular weight is 217 g/mol. The van der Waals surface area contributed by atoms with Crippen molar-refractivity contribution < 1.29 is 9.63 Å². The van der Waals surface area contributed by atoms with Crippen molar-refractivity contribution in [2.24, 2.45) is 0 Å². The van der Waals surface area contributed by atoms with Gasteiger partial charge in [0.2, 0.25) is 0 Å². The molecule has 0 aliphatic heterocycles. The molecule has 15 heavy (non-hydrogen) atoms. The highest BCUT2D eigenvalue weighted by molar-refractivity contribution is 5.72. The minimum absolute atomic E-state index is 0.261. The molecule has 0 aliphatic rings. The van der Waals surface area contributed by atoms with Gasteiger partial charge in [-0.05, 0) is 13.0 Å². The van der Waals surface area contributed by atoms with Gasteiger partial charge >= 0.3 is 6.03 Å². The zero-order valence-electron chi connectivity index (χ0n) is 9.77. The third-order valence-corrected chi connectivity index (χ3v) is 1.86. The highest BCUT2D eigenvalue weighted by Gasteiger charge is 1.97. The van der Waals surface area contributed by atoms with Gasteiger partial charge in [-0.1, -0.05) is 26.7 Å². The second kappa shape index (κ2) is 11.3. The molecule has 0 fully saturated rings. The number of amides is 2. The maximum absolute atomic E-state index is 11.1. The summed E-state index contributed by atoms with van der Waals surface area (Å²) in [6, 6.07) is -0.261. The van der Waals surface area contributed by atoms with Gasteiger partial charge in [-0.2, -0.15) is 0 Å². The Morgan fingerprint density at radius 3 is 2.67 bits per heavy atom. The normalized spacial score (nSPS) is 10.0. The first-order chi connectivity index (χ1) is 7.31. The molecule has 2 amide bonds. The van der Waals surface area contributed by atoms with Gasteiger partial charge < -0.3 is 10.6 Å². The summed E-state index contributed by atoms with van der Waals surface area (Å²) >= 11 is 0. The molecule has 0 aromatic rings. The van der Waals surface area contributed by atoms with Crippen LogP contribution in [-0.2, 0) is 4.84 Å². The second-order valence-corrected chi connectivity index (χ2v) is 3.27.